The number of carbonyl (C=O) groups excluding carboxylic acids is 1. The maximum atomic E-state index is 12.7. The average Bonchev–Trinajstić information content (AvgIpc) is 3.00. The quantitative estimate of drug-likeness (QED) is 0.667. The van der Waals surface area contributed by atoms with Gasteiger partial charge >= 0.3 is 0 Å². The second kappa shape index (κ2) is 7.95. The number of anilines is 1. The number of para-hydroxylation sites is 2. The molecule has 0 saturated carbocycles. The summed E-state index contributed by atoms with van der Waals surface area (Å²) in [5.41, 5.74) is 3.57. The van der Waals surface area contributed by atoms with Gasteiger partial charge in [0, 0.05) is 17.8 Å². The molecular formula is C20H22N4O3S. The highest BCUT2D eigenvalue weighted by atomic mass is 32.2. The number of amides is 1. The summed E-state index contributed by atoms with van der Waals surface area (Å²) in [6.45, 7) is 5.86. The zero-order valence-corrected chi connectivity index (χ0v) is 16.7. The number of rotatable bonds is 6. The molecule has 3 aromatic rings. The third-order valence-electron chi connectivity index (χ3n) is 4.15. The third-order valence-corrected chi connectivity index (χ3v) is 5.71. The van der Waals surface area contributed by atoms with Gasteiger partial charge in [0.05, 0.1) is 22.0 Å². The maximum absolute atomic E-state index is 12.7. The fourth-order valence-corrected chi connectivity index (χ4v) is 3.93. The summed E-state index contributed by atoms with van der Waals surface area (Å²) in [5, 5.41) is 7.35. The number of nitrogens with one attached hydrogen (secondary N) is 2. The van der Waals surface area contributed by atoms with Crippen LogP contribution in [0.15, 0.2) is 59.5 Å². The van der Waals surface area contributed by atoms with Gasteiger partial charge in [0.1, 0.15) is 0 Å². The highest BCUT2D eigenvalue weighted by molar-refractivity contribution is 7.89. The van der Waals surface area contributed by atoms with Gasteiger partial charge in [-0.15, -0.1) is 0 Å². The SMILES string of the molecule is CCNS(=O)(=O)c1ccc(C(=O)Nc2ccccc2-n2nc(C)cc2C)cc1. The van der Waals surface area contributed by atoms with E-state index in [1.54, 1.807) is 17.7 Å². The predicted molar refractivity (Wildman–Crippen MR) is 108 cm³/mol. The molecule has 8 heteroatoms. The van der Waals surface area contributed by atoms with Crippen LogP contribution in [0.25, 0.3) is 5.69 Å². The zero-order valence-electron chi connectivity index (χ0n) is 15.9. The minimum Gasteiger partial charge on any atom is -0.320 e. The van der Waals surface area contributed by atoms with E-state index in [-0.39, 0.29) is 10.8 Å². The van der Waals surface area contributed by atoms with E-state index in [2.05, 4.69) is 15.1 Å². The molecule has 0 aliphatic carbocycles. The molecule has 0 atom stereocenters. The van der Waals surface area contributed by atoms with Gasteiger partial charge in [0.15, 0.2) is 0 Å². The minimum atomic E-state index is -3.55. The molecule has 3 rings (SSSR count). The molecular weight excluding hydrogens is 376 g/mol. The lowest BCUT2D eigenvalue weighted by molar-refractivity contribution is 0.102. The Morgan fingerprint density at radius 1 is 1.07 bits per heavy atom. The lowest BCUT2D eigenvalue weighted by Gasteiger charge is -2.13. The van der Waals surface area contributed by atoms with Gasteiger partial charge in [-0.3, -0.25) is 4.79 Å². The van der Waals surface area contributed by atoms with E-state index in [0.29, 0.717) is 17.8 Å². The zero-order chi connectivity index (χ0) is 20.3. The molecule has 28 heavy (non-hydrogen) atoms. The highest BCUT2D eigenvalue weighted by Crippen LogP contribution is 2.22. The van der Waals surface area contributed by atoms with Crippen LogP contribution in [0.1, 0.15) is 28.7 Å². The molecule has 0 saturated heterocycles. The van der Waals surface area contributed by atoms with Gasteiger partial charge in [-0.25, -0.2) is 17.8 Å². The fraction of sp³-hybridized carbons (Fsp3) is 0.200. The summed E-state index contributed by atoms with van der Waals surface area (Å²) >= 11 is 0. The number of aryl methyl sites for hydroxylation is 2. The van der Waals surface area contributed by atoms with Crippen LogP contribution in [-0.4, -0.2) is 30.7 Å². The fourth-order valence-electron chi connectivity index (χ4n) is 2.89. The Labute approximate surface area is 164 Å². The Bertz CT molecular complexity index is 1100. The smallest absolute Gasteiger partial charge is 0.255 e. The first-order valence-electron chi connectivity index (χ1n) is 8.85. The van der Waals surface area contributed by atoms with Crippen molar-refractivity contribution in [2.24, 2.45) is 0 Å². The molecule has 146 valence electrons. The van der Waals surface area contributed by atoms with Crippen LogP contribution < -0.4 is 10.0 Å². The number of aromatic nitrogens is 2. The largest absolute Gasteiger partial charge is 0.320 e. The van der Waals surface area contributed by atoms with E-state index in [9.17, 15) is 13.2 Å². The first-order chi connectivity index (χ1) is 13.3. The standard InChI is InChI=1S/C20H22N4O3S/c1-4-21-28(26,27)17-11-9-16(10-12-17)20(25)22-18-7-5-6-8-19(18)24-15(3)13-14(2)23-24/h5-13,21H,4H2,1-3H3,(H,22,25). The molecule has 7 nitrogen and oxygen atoms in total. The summed E-state index contributed by atoms with van der Waals surface area (Å²) in [5.74, 6) is -0.332. The van der Waals surface area contributed by atoms with Gasteiger partial charge in [-0.1, -0.05) is 19.1 Å². The minimum absolute atomic E-state index is 0.119. The maximum Gasteiger partial charge on any atom is 0.255 e. The van der Waals surface area contributed by atoms with Crippen LogP contribution in [0.3, 0.4) is 0 Å². The second-order valence-electron chi connectivity index (χ2n) is 6.34. The monoisotopic (exact) mass is 398 g/mol. The van der Waals surface area contributed by atoms with Gasteiger partial charge in [-0.2, -0.15) is 5.10 Å². The lowest BCUT2D eigenvalue weighted by atomic mass is 10.2. The molecule has 2 aromatic carbocycles. The predicted octanol–water partition coefficient (Wildman–Crippen LogP) is 3.04. The van der Waals surface area contributed by atoms with E-state index in [1.165, 1.54) is 24.3 Å². The van der Waals surface area contributed by atoms with Gasteiger partial charge in [-0.05, 0) is 56.3 Å². The van der Waals surface area contributed by atoms with Crippen LogP contribution in [0, 0.1) is 13.8 Å². The van der Waals surface area contributed by atoms with Crippen molar-refractivity contribution in [2.75, 3.05) is 11.9 Å². The van der Waals surface area contributed by atoms with E-state index in [4.69, 9.17) is 0 Å². The number of sulfonamides is 1. The Morgan fingerprint density at radius 2 is 1.75 bits per heavy atom. The molecule has 0 spiro atoms. The van der Waals surface area contributed by atoms with Crippen molar-refractivity contribution >= 4 is 21.6 Å². The summed E-state index contributed by atoms with van der Waals surface area (Å²) in [6.07, 6.45) is 0. The number of benzene rings is 2. The van der Waals surface area contributed by atoms with Crippen molar-refractivity contribution < 1.29 is 13.2 Å². The van der Waals surface area contributed by atoms with E-state index in [1.807, 2.05) is 38.1 Å². The molecule has 0 unspecified atom stereocenters. The van der Waals surface area contributed by atoms with Crippen molar-refractivity contribution in [3.63, 3.8) is 0 Å². The van der Waals surface area contributed by atoms with Crippen molar-refractivity contribution in [2.45, 2.75) is 25.7 Å². The molecule has 0 radical (unpaired) electrons. The van der Waals surface area contributed by atoms with E-state index >= 15 is 0 Å². The van der Waals surface area contributed by atoms with E-state index in [0.717, 1.165) is 17.1 Å². The molecule has 2 N–H and O–H groups in total. The summed E-state index contributed by atoms with van der Waals surface area (Å²) < 4.78 is 28.2. The molecule has 0 fully saturated rings. The Morgan fingerprint density at radius 3 is 2.36 bits per heavy atom. The van der Waals surface area contributed by atoms with Crippen LogP contribution in [-0.2, 0) is 10.0 Å². The molecule has 1 amide bonds. The van der Waals surface area contributed by atoms with Crippen molar-refractivity contribution in [1.82, 2.24) is 14.5 Å². The topological polar surface area (TPSA) is 93.1 Å². The van der Waals surface area contributed by atoms with Crippen molar-refractivity contribution in [3.05, 3.63) is 71.5 Å². The van der Waals surface area contributed by atoms with Gasteiger partial charge < -0.3 is 5.32 Å². The van der Waals surface area contributed by atoms with Gasteiger partial charge in [0.25, 0.3) is 5.91 Å². The Kier molecular flexibility index (Phi) is 5.62. The Hall–Kier alpha value is -2.97. The first kappa shape index (κ1) is 19.8. The molecule has 0 aliphatic heterocycles. The molecule has 1 heterocycles. The highest BCUT2D eigenvalue weighted by Gasteiger charge is 2.15. The molecule has 1 aromatic heterocycles. The van der Waals surface area contributed by atoms with Crippen LogP contribution in [0.4, 0.5) is 5.69 Å². The summed E-state index contributed by atoms with van der Waals surface area (Å²) in [4.78, 5) is 12.8. The van der Waals surface area contributed by atoms with E-state index < -0.39 is 10.0 Å². The number of nitrogens with zero attached hydrogens (tertiary/aromatic N) is 2. The number of carbonyl (C=O) groups is 1. The summed E-state index contributed by atoms with van der Waals surface area (Å²) in [7, 11) is -3.55. The lowest BCUT2D eigenvalue weighted by Crippen LogP contribution is -2.23. The number of hydrogen-bond acceptors (Lipinski definition) is 4. The second-order valence-corrected chi connectivity index (χ2v) is 8.10. The summed E-state index contributed by atoms with van der Waals surface area (Å²) in [6, 6.07) is 15.2. The van der Waals surface area contributed by atoms with Crippen LogP contribution in [0.2, 0.25) is 0 Å². The van der Waals surface area contributed by atoms with Gasteiger partial charge in [0.2, 0.25) is 10.0 Å². The van der Waals surface area contributed by atoms with Crippen LogP contribution in [0.5, 0.6) is 0 Å². The number of hydrogen-bond donors (Lipinski definition) is 2. The first-order valence-corrected chi connectivity index (χ1v) is 10.3. The average molecular weight is 398 g/mol. The third kappa shape index (κ3) is 4.13. The van der Waals surface area contributed by atoms with Crippen molar-refractivity contribution in [3.8, 4) is 5.69 Å². The van der Waals surface area contributed by atoms with Crippen molar-refractivity contribution in [1.29, 1.82) is 0 Å². The molecule has 0 aliphatic rings. The normalized spacial score (nSPS) is 11.4. The molecule has 0 bridgehead atoms. The van der Waals surface area contributed by atoms with Crippen LogP contribution >= 0.6 is 0 Å². The Balaban J connectivity index is 1.86.